The number of ether oxygens (including phenoxy) is 1. The summed E-state index contributed by atoms with van der Waals surface area (Å²) in [6.45, 7) is 5.46. The molecule has 0 aromatic rings. The molecule has 21 heavy (non-hydrogen) atoms. The van der Waals surface area contributed by atoms with Gasteiger partial charge in [-0.05, 0) is 39.7 Å². The summed E-state index contributed by atoms with van der Waals surface area (Å²) in [5.41, 5.74) is -0.591. The summed E-state index contributed by atoms with van der Waals surface area (Å²) in [7, 11) is 0. The molecule has 0 bridgehead atoms. The third-order valence-corrected chi connectivity index (χ3v) is 3.75. The molecule has 0 spiro atoms. The van der Waals surface area contributed by atoms with Gasteiger partial charge in [-0.2, -0.15) is 0 Å². The predicted octanol–water partition coefficient (Wildman–Crippen LogP) is 3.20. The van der Waals surface area contributed by atoms with Crippen molar-refractivity contribution in [3.05, 3.63) is 12.3 Å². The van der Waals surface area contributed by atoms with Gasteiger partial charge in [-0.25, -0.2) is 14.8 Å². The standard InChI is InChI=1S/C15H22N2O3S/c1-15(2,3)20-14(19)17(11-6-4-5-7-11)16-9-8-12(21)10-13(16)18/h8-9,11H,4-7,10H2,1-3H3. The molecule has 1 aliphatic carbocycles. The van der Waals surface area contributed by atoms with E-state index >= 15 is 0 Å². The van der Waals surface area contributed by atoms with Gasteiger partial charge in [0, 0.05) is 11.1 Å². The van der Waals surface area contributed by atoms with Gasteiger partial charge >= 0.3 is 6.09 Å². The highest BCUT2D eigenvalue weighted by molar-refractivity contribution is 7.80. The molecule has 1 aliphatic heterocycles. The molecule has 116 valence electrons. The summed E-state index contributed by atoms with van der Waals surface area (Å²) in [4.78, 5) is 25.3. The minimum absolute atomic E-state index is 0.0140. The maximum atomic E-state index is 12.5. The van der Waals surface area contributed by atoms with Crippen molar-refractivity contribution in [3.63, 3.8) is 0 Å². The molecule has 2 aliphatic rings. The molecule has 0 atom stereocenters. The summed E-state index contributed by atoms with van der Waals surface area (Å²) < 4.78 is 5.47. The van der Waals surface area contributed by atoms with Crippen LogP contribution in [0, 0.1) is 0 Å². The topological polar surface area (TPSA) is 49.9 Å². The number of amides is 2. The van der Waals surface area contributed by atoms with Gasteiger partial charge in [0.1, 0.15) is 5.60 Å². The number of rotatable bonds is 2. The Bertz CT molecular complexity index is 476. The highest BCUT2D eigenvalue weighted by Crippen LogP contribution is 2.28. The van der Waals surface area contributed by atoms with Gasteiger partial charge in [0.15, 0.2) is 0 Å². The fraction of sp³-hybridized carbons (Fsp3) is 0.667. The third-order valence-electron chi connectivity index (χ3n) is 3.47. The number of hydrazine groups is 1. The molecule has 6 heteroatoms. The summed E-state index contributed by atoms with van der Waals surface area (Å²) in [6, 6.07) is 0.0140. The summed E-state index contributed by atoms with van der Waals surface area (Å²) in [5.74, 6) is -0.180. The Balaban J connectivity index is 2.23. The average molecular weight is 310 g/mol. The second-order valence-electron chi connectivity index (χ2n) is 6.46. The van der Waals surface area contributed by atoms with Crippen molar-refractivity contribution in [3.8, 4) is 0 Å². The zero-order chi connectivity index (χ0) is 15.6. The molecular formula is C15H22N2O3S. The van der Waals surface area contributed by atoms with Crippen LogP contribution in [0.3, 0.4) is 0 Å². The first-order chi connectivity index (χ1) is 9.78. The van der Waals surface area contributed by atoms with E-state index in [2.05, 4.69) is 0 Å². The van der Waals surface area contributed by atoms with Crippen LogP contribution in [0.2, 0.25) is 0 Å². The molecular weight excluding hydrogens is 288 g/mol. The molecule has 5 nitrogen and oxygen atoms in total. The van der Waals surface area contributed by atoms with Crippen LogP contribution < -0.4 is 0 Å². The number of carbonyl (C=O) groups is 2. The summed E-state index contributed by atoms with van der Waals surface area (Å²) >= 11 is 5.04. The van der Waals surface area contributed by atoms with Crippen molar-refractivity contribution in [1.82, 2.24) is 10.0 Å². The quantitative estimate of drug-likeness (QED) is 0.735. The monoisotopic (exact) mass is 310 g/mol. The maximum absolute atomic E-state index is 12.5. The van der Waals surface area contributed by atoms with Gasteiger partial charge in [-0.1, -0.05) is 25.1 Å². The summed E-state index contributed by atoms with van der Waals surface area (Å²) in [5, 5.41) is 2.85. The van der Waals surface area contributed by atoms with E-state index in [-0.39, 0.29) is 18.4 Å². The molecule has 0 saturated heterocycles. The van der Waals surface area contributed by atoms with E-state index in [9.17, 15) is 9.59 Å². The minimum atomic E-state index is -0.591. The lowest BCUT2D eigenvalue weighted by Crippen LogP contribution is -2.54. The molecule has 1 saturated carbocycles. The molecule has 0 aromatic carbocycles. The van der Waals surface area contributed by atoms with Crippen molar-refractivity contribution >= 4 is 29.1 Å². The largest absolute Gasteiger partial charge is 0.442 e. The lowest BCUT2D eigenvalue weighted by molar-refractivity contribution is -0.143. The van der Waals surface area contributed by atoms with Crippen molar-refractivity contribution in [2.75, 3.05) is 0 Å². The van der Waals surface area contributed by atoms with Gasteiger partial charge in [0.2, 0.25) is 0 Å². The number of hydrogen-bond acceptors (Lipinski definition) is 4. The Kier molecular flexibility index (Phi) is 4.66. The highest BCUT2D eigenvalue weighted by Gasteiger charge is 2.37. The number of hydrogen-bond donors (Lipinski definition) is 0. The Morgan fingerprint density at radius 3 is 2.52 bits per heavy atom. The van der Waals surface area contributed by atoms with Crippen LogP contribution in [0.25, 0.3) is 0 Å². The Morgan fingerprint density at radius 1 is 1.38 bits per heavy atom. The summed E-state index contributed by atoms with van der Waals surface area (Å²) in [6.07, 6.45) is 6.88. The molecule has 0 radical (unpaired) electrons. The van der Waals surface area contributed by atoms with E-state index in [4.69, 9.17) is 17.0 Å². The molecule has 0 unspecified atom stereocenters. The van der Waals surface area contributed by atoms with E-state index in [0.29, 0.717) is 4.86 Å². The van der Waals surface area contributed by atoms with Gasteiger partial charge in [-0.3, -0.25) is 4.79 Å². The highest BCUT2D eigenvalue weighted by atomic mass is 32.1. The van der Waals surface area contributed by atoms with Crippen molar-refractivity contribution in [2.45, 2.75) is 64.5 Å². The van der Waals surface area contributed by atoms with E-state index < -0.39 is 11.7 Å². The minimum Gasteiger partial charge on any atom is -0.442 e. The third kappa shape index (κ3) is 4.03. The smallest absolute Gasteiger partial charge is 0.429 e. The first-order valence-corrected chi connectivity index (χ1v) is 7.74. The Labute approximate surface area is 130 Å². The molecule has 0 aromatic heterocycles. The second kappa shape index (κ2) is 6.13. The van der Waals surface area contributed by atoms with E-state index in [0.717, 1.165) is 25.7 Å². The van der Waals surface area contributed by atoms with Crippen LogP contribution in [0.1, 0.15) is 52.9 Å². The maximum Gasteiger partial charge on any atom is 0.429 e. The van der Waals surface area contributed by atoms with E-state index in [1.807, 2.05) is 20.8 Å². The Hall–Kier alpha value is -1.43. The molecule has 1 heterocycles. The molecule has 1 fully saturated rings. The van der Waals surface area contributed by atoms with Crippen LogP contribution in [-0.2, 0) is 9.53 Å². The van der Waals surface area contributed by atoms with E-state index in [1.54, 1.807) is 12.3 Å². The van der Waals surface area contributed by atoms with Gasteiger partial charge < -0.3 is 4.74 Å². The van der Waals surface area contributed by atoms with Crippen molar-refractivity contribution in [1.29, 1.82) is 0 Å². The number of thiocarbonyl (C=S) groups is 1. The van der Waals surface area contributed by atoms with Crippen LogP contribution >= 0.6 is 12.2 Å². The molecule has 2 amide bonds. The Morgan fingerprint density at radius 2 is 2.00 bits per heavy atom. The normalized spacial score (nSPS) is 20.0. The number of allylic oxidation sites excluding steroid dienone is 1. The first kappa shape index (κ1) is 15.9. The fourth-order valence-corrected chi connectivity index (χ4v) is 2.77. The zero-order valence-corrected chi connectivity index (χ0v) is 13.6. The van der Waals surface area contributed by atoms with Crippen LogP contribution in [0.15, 0.2) is 12.3 Å². The van der Waals surface area contributed by atoms with Gasteiger partial charge in [-0.15, -0.1) is 0 Å². The van der Waals surface area contributed by atoms with Crippen LogP contribution in [0.4, 0.5) is 4.79 Å². The first-order valence-electron chi connectivity index (χ1n) is 7.33. The lowest BCUT2D eigenvalue weighted by atomic mass is 10.2. The van der Waals surface area contributed by atoms with Crippen molar-refractivity contribution < 1.29 is 14.3 Å². The average Bonchev–Trinajstić information content (AvgIpc) is 2.83. The van der Waals surface area contributed by atoms with Gasteiger partial charge in [0.05, 0.1) is 12.5 Å². The molecule has 2 rings (SSSR count). The van der Waals surface area contributed by atoms with Crippen LogP contribution in [0.5, 0.6) is 0 Å². The zero-order valence-electron chi connectivity index (χ0n) is 12.8. The predicted molar refractivity (Wildman–Crippen MR) is 83.5 cm³/mol. The van der Waals surface area contributed by atoms with E-state index in [1.165, 1.54) is 10.0 Å². The number of nitrogens with zero attached hydrogens (tertiary/aromatic N) is 2. The van der Waals surface area contributed by atoms with Crippen molar-refractivity contribution in [2.24, 2.45) is 0 Å². The SMILES string of the molecule is CC(C)(C)OC(=O)N(C1CCCC1)N1C=CC(=S)CC1=O. The second-order valence-corrected chi connectivity index (χ2v) is 6.98. The fourth-order valence-electron chi connectivity index (χ4n) is 2.59. The van der Waals surface area contributed by atoms with Gasteiger partial charge in [0.25, 0.3) is 5.91 Å². The number of carbonyl (C=O) groups excluding carboxylic acids is 2. The molecule has 0 N–H and O–H groups in total. The van der Waals surface area contributed by atoms with Crippen LogP contribution in [-0.4, -0.2) is 38.5 Å². The lowest BCUT2D eigenvalue weighted by Gasteiger charge is -2.38.